The first-order valence-electron chi connectivity index (χ1n) is 12.9. The molecule has 1 aliphatic carbocycles. The first-order valence-corrected chi connectivity index (χ1v) is 13.7. The van der Waals surface area contributed by atoms with Gasteiger partial charge in [-0.1, -0.05) is 86.6 Å². The maximum absolute atomic E-state index is 13.1. The van der Waals surface area contributed by atoms with Crippen molar-refractivity contribution in [1.29, 1.82) is 0 Å². The van der Waals surface area contributed by atoms with Crippen LogP contribution in [0.5, 0.6) is 0 Å². The van der Waals surface area contributed by atoms with Crippen LogP contribution in [0.15, 0.2) is 84.9 Å². The molecule has 2 atom stereocenters. The molecule has 1 fully saturated rings. The first kappa shape index (κ1) is 26.7. The quantitative estimate of drug-likeness (QED) is 0.215. The second-order valence-electron chi connectivity index (χ2n) is 10.5. The van der Waals surface area contributed by atoms with Crippen molar-refractivity contribution in [2.75, 3.05) is 10.6 Å². The van der Waals surface area contributed by atoms with Crippen molar-refractivity contribution < 1.29 is 9.59 Å². The third-order valence-electron chi connectivity index (χ3n) is 7.78. The van der Waals surface area contributed by atoms with Crippen LogP contribution in [0.3, 0.4) is 0 Å². The molecule has 2 amide bonds. The van der Waals surface area contributed by atoms with Crippen molar-refractivity contribution in [3.05, 3.63) is 84.9 Å². The Hall–Kier alpha value is -3.88. The van der Waals surface area contributed by atoms with Crippen molar-refractivity contribution in [2.24, 2.45) is 17.3 Å². The Morgan fingerprint density at radius 3 is 1.77 bits per heavy atom. The van der Waals surface area contributed by atoms with Crippen LogP contribution in [0.2, 0.25) is 0 Å². The van der Waals surface area contributed by atoms with E-state index in [1.165, 1.54) is 0 Å². The van der Waals surface area contributed by atoms with Gasteiger partial charge in [0, 0.05) is 34.5 Å². The summed E-state index contributed by atoms with van der Waals surface area (Å²) < 4.78 is 0. The number of anilines is 2. The number of hydrogen-bond donors (Lipinski definition) is 4. The maximum Gasteiger partial charge on any atom is 0.229 e. The number of carbonyl (C=O) groups is 2. The standard InChI is InChI=1S/C31H30N4O2S2/c1-31(2)21(18-27(36)34-29(38)32-25-15-7-11-19-9-3-5-13-22(19)25)17-24(31)28(37)35-30(39)33-26-16-8-12-20-10-4-6-14-23(20)26/h3-16,21,24H,17-18H2,1-2H3,(H2,32,34,36,38)(H2,33,35,37,39)/t21-,24-/m1/s1. The summed E-state index contributed by atoms with van der Waals surface area (Å²) in [5.41, 5.74) is 1.32. The molecule has 6 nitrogen and oxygen atoms in total. The largest absolute Gasteiger partial charge is 0.332 e. The molecule has 4 aromatic rings. The molecule has 0 radical (unpaired) electrons. The lowest BCUT2D eigenvalue weighted by molar-refractivity contribution is -0.143. The van der Waals surface area contributed by atoms with Crippen LogP contribution in [0, 0.1) is 17.3 Å². The van der Waals surface area contributed by atoms with Crippen LogP contribution in [0.1, 0.15) is 26.7 Å². The Labute approximate surface area is 238 Å². The molecule has 0 aromatic heterocycles. The number of carbonyl (C=O) groups excluding carboxylic acids is 2. The molecule has 198 valence electrons. The molecule has 0 aliphatic heterocycles. The Bertz CT molecular complexity index is 1590. The van der Waals surface area contributed by atoms with Gasteiger partial charge in [-0.25, -0.2) is 0 Å². The van der Waals surface area contributed by atoms with Gasteiger partial charge < -0.3 is 21.3 Å². The predicted molar refractivity (Wildman–Crippen MR) is 167 cm³/mol. The van der Waals surface area contributed by atoms with E-state index in [1.54, 1.807) is 0 Å². The highest BCUT2D eigenvalue weighted by molar-refractivity contribution is 7.80. The van der Waals surface area contributed by atoms with E-state index < -0.39 is 0 Å². The molecule has 5 rings (SSSR count). The van der Waals surface area contributed by atoms with Crippen molar-refractivity contribution in [3.63, 3.8) is 0 Å². The molecule has 0 unspecified atom stereocenters. The minimum absolute atomic E-state index is 0.0493. The van der Waals surface area contributed by atoms with E-state index in [2.05, 4.69) is 21.3 Å². The average molecular weight is 555 g/mol. The highest BCUT2D eigenvalue weighted by Gasteiger charge is 2.52. The van der Waals surface area contributed by atoms with Crippen molar-refractivity contribution in [3.8, 4) is 0 Å². The minimum atomic E-state index is -0.360. The van der Waals surface area contributed by atoms with E-state index >= 15 is 0 Å². The van der Waals surface area contributed by atoms with Gasteiger partial charge in [0.1, 0.15) is 0 Å². The number of rotatable bonds is 5. The van der Waals surface area contributed by atoms with Gasteiger partial charge in [0.2, 0.25) is 11.8 Å². The predicted octanol–water partition coefficient (Wildman–Crippen LogP) is 6.37. The van der Waals surface area contributed by atoms with Gasteiger partial charge in [-0.3, -0.25) is 9.59 Å². The highest BCUT2D eigenvalue weighted by Crippen LogP contribution is 2.52. The minimum Gasteiger partial charge on any atom is -0.332 e. The summed E-state index contributed by atoms with van der Waals surface area (Å²) in [6.45, 7) is 4.04. The molecule has 4 N–H and O–H groups in total. The fraction of sp³-hybridized carbons (Fsp3) is 0.226. The lowest BCUT2D eigenvalue weighted by Crippen LogP contribution is -2.55. The van der Waals surface area contributed by atoms with Crippen LogP contribution >= 0.6 is 24.4 Å². The molecule has 39 heavy (non-hydrogen) atoms. The van der Waals surface area contributed by atoms with Gasteiger partial charge in [-0.05, 0) is 65.1 Å². The Morgan fingerprint density at radius 2 is 1.23 bits per heavy atom. The van der Waals surface area contributed by atoms with Crippen LogP contribution in [0.4, 0.5) is 11.4 Å². The molecule has 0 spiro atoms. The smallest absolute Gasteiger partial charge is 0.229 e. The number of amides is 2. The van der Waals surface area contributed by atoms with E-state index in [9.17, 15) is 9.59 Å². The van der Waals surface area contributed by atoms with E-state index in [-0.39, 0.29) is 45.7 Å². The summed E-state index contributed by atoms with van der Waals surface area (Å²) in [7, 11) is 0. The average Bonchev–Trinajstić information content (AvgIpc) is 2.91. The zero-order valence-electron chi connectivity index (χ0n) is 21.8. The van der Waals surface area contributed by atoms with Gasteiger partial charge in [0.15, 0.2) is 10.2 Å². The number of fused-ring (bicyclic) bond motifs is 2. The highest BCUT2D eigenvalue weighted by atomic mass is 32.1. The molecular weight excluding hydrogens is 525 g/mol. The fourth-order valence-corrected chi connectivity index (χ4v) is 5.82. The van der Waals surface area contributed by atoms with Crippen molar-refractivity contribution in [1.82, 2.24) is 10.6 Å². The van der Waals surface area contributed by atoms with Gasteiger partial charge in [-0.2, -0.15) is 0 Å². The number of nitrogens with one attached hydrogen (secondary N) is 4. The number of benzene rings is 4. The molecule has 0 bridgehead atoms. The van der Waals surface area contributed by atoms with Gasteiger partial charge in [0.05, 0.1) is 0 Å². The van der Waals surface area contributed by atoms with Gasteiger partial charge in [-0.15, -0.1) is 0 Å². The molecule has 4 aromatic carbocycles. The topological polar surface area (TPSA) is 82.3 Å². The Morgan fingerprint density at radius 1 is 0.744 bits per heavy atom. The Kier molecular flexibility index (Phi) is 7.59. The van der Waals surface area contributed by atoms with Crippen LogP contribution in [-0.2, 0) is 9.59 Å². The van der Waals surface area contributed by atoms with E-state index in [0.717, 1.165) is 32.9 Å². The van der Waals surface area contributed by atoms with E-state index in [0.29, 0.717) is 6.42 Å². The lowest BCUT2D eigenvalue weighted by atomic mass is 9.53. The van der Waals surface area contributed by atoms with Gasteiger partial charge in [0.25, 0.3) is 0 Å². The SMILES string of the molecule is CC1(C)[C@@H](CC(=O)NC(=S)Nc2cccc3ccccc23)C[C@@H]1C(=O)NC(=S)Nc1cccc2ccccc12. The van der Waals surface area contributed by atoms with Crippen LogP contribution in [0.25, 0.3) is 21.5 Å². The lowest BCUT2D eigenvalue weighted by Gasteiger charge is -2.51. The van der Waals surface area contributed by atoms with Crippen molar-refractivity contribution >= 4 is 79.4 Å². The summed E-state index contributed by atoms with van der Waals surface area (Å²) >= 11 is 10.8. The third kappa shape index (κ3) is 5.77. The van der Waals surface area contributed by atoms with Crippen LogP contribution in [-0.4, -0.2) is 22.0 Å². The fourth-order valence-electron chi connectivity index (χ4n) is 5.38. The van der Waals surface area contributed by atoms with Gasteiger partial charge >= 0.3 is 0 Å². The second-order valence-corrected chi connectivity index (χ2v) is 11.3. The summed E-state index contributed by atoms with van der Waals surface area (Å²) in [4.78, 5) is 25.8. The maximum atomic E-state index is 13.1. The molecule has 8 heteroatoms. The summed E-state index contributed by atoms with van der Waals surface area (Å²) in [5, 5.41) is 16.7. The Balaban J connectivity index is 1.12. The molecule has 0 heterocycles. The molecular formula is C31H30N4O2S2. The van der Waals surface area contributed by atoms with E-state index in [4.69, 9.17) is 24.4 Å². The van der Waals surface area contributed by atoms with E-state index in [1.807, 2.05) is 98.8 Å². The zero-order valence-corrected chi connectivity index (χ0v) is 23.4. The molecule has 1 aliphatic rings. The summed E-state index contributed by atoms with van der Waals surface area (Å²) in [6.07, 6.45) is 0.888. The second kappa shape index (κ2) is 11.1. The normalized spacial score (nSPS) is 17.6. The van der Waals surface area contributed by atoms with Crippen molar-refractivity contribution in [2.45, 2.75) is 26.7 Å². The number of thiocarbonyl (C=S) groups is 2. The monoisotopic (exact) mass is 554 g/mol. The molecule has 1 saturated carbocycles. The summed E-state index contributed by atoms with van der Waals surface area (Å²) in [5.74, 6) is -0.503. The zero-order chi connectivity index (χ0) is 27.6. The van der Waals surface area contributed by atoms with Crippen LogP contribution < -0.4 is 21.3 Å². The summed E-state index contributed by atoms with van der Waals surface area (Å²) in [6, 6.07) is 27.8. The third-order valence-corrected chi connectivity index (χ3v) is 8.19. The first-order chi connectivity index (χ1) is 18.7. The number of hydrogen-bond acceptors (Lipinski definition) is 4. The molecule has 0 saturated heterocycles.